The second-order valence-electron chi connectivity index (χ2n) is 8.15. The summed E-state index contributed by atoms with van der Waals surface area (Å²) in [6.45, 7) is 6.09. The van der Waals surface area contributed by atoms with Crippen LogP contribution >= 0.6 is 11.8 Å². The maximum absolute atomic E-state index is 13.5. The lowest BCUT2D eigenvalue weighted by Gasteiger charge is -2.15. The number of aliphatic imine (C=N–C) groups is 1. The minimum Gasteiger partial charge on any atom is -1.00 e. The summed E-state index contributed by atoms with van der Waals surface area (Å²) in [5, 5.41) is 5.51. The molecule has 0 saturated heterocycles. The molecule has 2 aromatic heterocycles. The van der Waals surface area contributed by atoms with E-state index in [1.54, 1.807) is 16.4 Å². The molecule has 32 heavy (non-hydrogen) atoms. The van der Waals surface area contributed by atoms with E-state index in [0.29, 0.717) is 11.7 Å². The second-order valence-corrected chi connectivity index (χ2v) is 9.12. The Labute approximate surface area is 197 Å². The summed E-state index contributed by atoms with van der Waals surface area (Å²) >= 11 is 1.69. The van der Waals surface area contributed by atoms with E-state index in [-0.39, 0.29) is 18.0 Å². The summed E-state index contributed by atoms with van der Waals surface area (Å²) in [5.74, 6) is 0.769. The van der Waals surface area contributed by atoms with Gasteiger partial charge in [-0.3, -0.25) is 19.9 Å². The molecule has 0 unspecified atom stereocenters. The first-order chi connectivity index (χ1) is 15.0. The molecule has 3 aromatic rings. The van der Waals surface area contributed by atoms with Crippen LogP contribution in [0.1, 0.15) is 35.5 Å². The number of aromatic nitrogens is 3. The van der Waals surface area contributed by atoms with Crippen molar-refractivity contribution in [2.24, 2.45) is 17.1 Å². The van der Waals surface area contributed by atoms with Gasteiger partial charge in [0.25, 0.3) is 5.56 Å². The van der Waals surface area contributed by atoms with Crippen LogP contribution in [0.3, 0.4) is 0 Å². The van der Waals surface area contributed by atoms with Gasteiger partial charge >= 0.3 is 0 Å². The van der Waals surface area contributed by atoms with Crippen molar-refractivity contribution in [3.8, 4) is 11.4 Å². The van der Waals surface area contributed by atoms with E-state index in [0.717, 1.165) is 45.0 Å². The van der Waals surface area contributed by atoms with E-state index in [4.69, 9.17) is 0 Å². The van der Waals surface area contributed by atoms with Crippen molar-refractivity contribution >= 4 is 22.6 Å². The van der Waals surface area contributed by atoms with E-state index in [1.807, 2.05) is 55.9 Å². The number of aryl methyl sites for hydroxylation is 1. The molecule has 1 aliphatic carbocycles. The smallest absolute Gasteiger partial charge is 0.295 e. The van der Waals surface area contributed by atoms with Crippen LogP contribution in [0.4, 0.5) is 0 Å². The molecule has 1 fully saturated rings. The van der Waals surface area contributed by atoms with Crippen molar-refractivity contribution in [1.29, 1.82) is 0 Å². The van der Waals surface area contributed by atoms with Crippen molar-refractivity contribution in [3.63, 3.8) is 0 Å². The van der Waals surface area contributed by atoms with Crippen LogP contribution in [0.2, 0.25) is 0 Å². The number of halogens is 1. The van der Waals surface area contributed by atoms with Crippen LogP contribution < -0.4 is 23.4 Å². The number of nitrogens with zero attached hydrogens (tertiary/aromatic N) is 5. The Kier molecular flexibility index (Phi) is 6.09. The van der Waals surface area contributed by atoms with Crippen LogP contribution in [0.25, 0.3) is 11.4 Å². The van der Waals surface area contributed by atoms with Crippen molar-refractivity contribution in [2.75, 3.05) is 5.75 Å². The quantitative estimate of drug-likeness (QED) is 0.603. The molecule has 1 N–H and O–H groups in total. The lowest BCUT2D eigenvalue weighted by Crippen LogP contribution is -3.00. The lowest BCUT2D eigenvalue weighted by molar-refractivity contribution is -0.00000665. The van der Waals surface area contributed by atoms with Gasteiger partial charge in [-0.2, -0.15) is 5.10 Å². The number of nitrogens with one attached hydrogen (secondary N) is 1. The van der Waals surface area contributed by atoms with Gasteiger partial charge in [0.1, 0.15) is 5.69 Å². The molecule has 1 aliphatic heterocycles. The van der Waals surface area contributed by atoms with E-state index in [2.05, 4.69) is 33.1 Å². The van der Waals surface area contributed by atoms with E-state index in [1.165, 1.54) is 12.8 Å². The third-order valence-electron chi connectivity index (χ3n) is 5.97. The average Bonchev–Trinajstić information content (AvgIpc) is 3.50. The summed E-state index contributed by atoms with van der Waals surface area (Å²) in [4.78, 5) is 18.2. The van der Waals surface area contributed by atoms with E-state index < -0.39 is 0 Å². The van der Waals surface area contributed by atoms with Crippen LogP contribution in [-0.4, -0.2) is 36.6 Å². The summed E-state index contributed by atoms with van der Waals surface area (Å²) in [7, 11) is 1.93. The molecule has 9 heteroatoms. The molecule has 0 spiro atoms. The first-order valence-corrected chi connectivity index (χ1v) is 11.5. The Morgan fingerprint density at radius 2 is 1.84 bits per heavy atom. The number of hydrogen-bond acceptors (Lipinski definition) is 4. The van der Waals surface area contributed by atoms with Gasteiger partial charge in [-0.15, -0.1) is 0 Å². The highest BCUT2D eigenvalue weighted by atomic mass is 35.5. The van der Waals surface area contributed by atoms with Gasteiger partial charge in [0.05, 0.1) is 23.1 Å². The molecule has 1 aromatic carbocycles. The Morgan fingerprint density at radius 1 is 1.12 bits per heavy atom. The van der Waals surface area contributed by atoms with Gasteiger partial charge in [-0.05, 0) is 51.8 Å². The summed E-state index contributed by atoms with van der Waals surface area (Å²) in [5.41, 5.74) is 9.62. The molecule has 0 atom stereocenters. The molecule has 3 heterocycles. The lowest BCUT2D eigenvalue weighted by atomic mass is 10.1. The van der Waals surface area contributed by atoms with E-state index in [9.17, 15) is 4.79 Å². The van der Waals surface area contributed by atoms with Gasteiger partial charge < -0.3 is 17.0 Å². The standard InChI is InChI=1S/C23H26N6OS.ClH/c1-14-12-19(20-13-31-23(26-25-20)24-17-10-11-17)15(2)28(14)21-16(3)27(4)29(22(21)30)18-8-6-5-7-9-18;/h5-9,12,17H,10-11,13H2,1-4H3,(H,24,26);1H/p-1. The number of rotatable bonds is 4. The van der Waals surface area contributed by atoms with Gasteiger partial charge in [0.15, 0.2) is 5.17 Å². The highest BCUT2D eigenvalue weighted by Crippen LogP contribution is 2.27. The van der Waals surface area contributed by atoms with Crippen LogP contribution in [0, 0.1) is 20.8 Å². The zero-order chi connectivity index (χ0) is 21.7. The zero-order valence-electron chi connectivity index (χ0n) is 18.6. The number of hydrazone groups is 1. The molecule has 168 valence electrons. The molecule has 0 radical (unpaired) electrons. The first-order valence-electron chi connectivity index (χ1n) is 10.5. The number of benzene rings is 1. The highest BCUT2D eigenvalue weighted by Gasteiger charge is 2.26. The Morgan fingerprint density at radius 3 is 2.47 bits per heavy atom. The monoisotopic (exact) mass is 469 g/mol. The SMILES string of the molecule is Cc1cc(C2=NNC(=NC3CC3)SC2)c(C)n1-c1c(C)n(C)n(-c2ccccc2)c1=O.[Cl-]. The van der Waals surface area contributed by atoms with Crippen molar-refractivity contribution in [1.82, 2.24) is 19.4 Å². The fourth-order valence-electron chi connectivity index (χ4n) is 4.10. The second kappa shape index (κ2) is 8.67. The first kappa shape index (κ1) is 22.5. The Bertz CT molecular complexity index is 1280. The number of hydrogen-bond donors (Lipinski definition) is 1. The fraction of sp³-hybridized carbons (Fsp3) is 0.348. The maximum atomic E-state index is 13.5. The summed E-state index contributed by atoms with van der Waals surface area (Å²) < 4.78 is 5.70. The minimum absolute atomic E-state index is 0. The normalized spacial score (nSPS) is 17.1. The molecule has 7 nitrogen and oxygen atoms in total. The van der Waals surface area contributed by atoms with Gasteiger partial charge in [-0.1, -0.05) is 30.0 Å². The number of thioether (sulfide) groups is 1. The van der Waals surface area contributed by atoms with Gasteiger partial charge in [0.2, 0.25) is 0 Å². The molecule has 1 saturated carbocycles. The number of para-hydroxylation sites is 1. The average molecular weight is 470 g/mol. The van der Waals surface area contributed by atoms with Crippen LogP contribution in [0.15, 0.2) is 51.3 Å². The van der Waals surface area contributed by atoms with Crippen molar-refractivity contribution in [2.45, 2.75) is 39.7 Å². The molecule has 5 rings (SSSR count). The molecule has 2 aliphatic rings. The minimum atomic E-state index is -0.0310. The predicted octanol–water partition coefficient (Wildman–Crippen LogP) is 0.455. The third kappa shape index (κ3) is 3.82. The molecular weight excluding hydrogens is 444 g/mol. The van der Waals surface area contributed by atoms with Crippen LogP contribution in [0.5, 0.6) is 0 Å². The highest BCUT2D eigenvalue weighted by molar-refractivity contribution is 8.14. The largest absolute Gasteiger partial charge is 1.00 e. The summed E-state index contributed by atoms with van der Waals surface area (Å²) in [6, 6.07) is 12.3. The van der Waals surface area contributed by atoms with E-state index >= 15 is 0 Å². The predicted molar refractivity (Wildman–Crippen MR) is 127 cm³/mol. The fourth-order valence-corrected chi connectivity index (χ4v) is 4.93. The topological polar surface area (TPSA) is 68.6 Å². The molecule has 0 amide bonds. The zero-order valence-corrected chi connectivity index (χ0v) is 20.2. The molecule has 0 bridgehead atoms. The van der Waals surface area contributed by atoms with Crippen molar-refractivity contribution in [3.05, 3.63) is 69.4 Å². The Balaban J connectivity index is 0.00000245. The maximum Gasteiger partial charge on any atom is 0.295 e. The molecular formula is C23H26ClN6OS-. The summed E-state index contributed by atoms with van der Waals surface area (Å²) in [6.07, 6.45) is 2.36. The van der Waals surface area contributed by atoms with Gasteiger partial charge in [0, 0.05) is 29.8 Å². The number of amidine groups is 1. The Hall–Kier alpha value is -2.71. The van der Waals surface area contributed by atoms with Gasteiger partial charge in [-0.25, -0.2) is 4.68 Å². The third-order valence-corrected chi connectivity index (χ3v) is 6.86. The van der Waals surface area contributed by atoms with Crippen molar-refractivity contribution < 1.29 is 12.4 Å². The van der Waals surface area contributed by atoms with Crippen LogP contribution in [-0.2, 0) is 7.05 Å².